The number of nitrogens with one attached hydrogen (secondary N) is 2. The van der Waals surface area contributed by atoms with Crippen molar-refractivity contribution in [3.8, 4) is 0 Å². The van der Waals surface area contributed by atoms with E-state index >= 15 is 0 Å². The fourth-order valence-electron chi connectivity index (χ4n) is 1.76. The highest BCUT2D eigenvalue weighted by molar-refractivity contribution is 14.0. The lowest BCUT2D eigenvalue weighted by Crippen LogP contribution is -2.38. The average Bonchev–Trinajstić information content (AvgIpc) is 2.97. The van der Waals surface area contributed by atoms with Crippen LogP contribution in [-0.2, 0) is 13.1 Å². The van der Waals surface area contributed by atoms with Crippen molar-refractivity contribution < 1.29 is 4.39 Å². The first-order valence-electron chi connectivity index (χ1n) is 6.43. The summed E-state index contributed by atoms with van der Waals surface area (Å²) in [5, 5.41) is 6.25. The van der Waals surface area contributed by atoms with Crippen molar-refractivity contribution in [3.63, 3.8) is 0 Å². The molecule has 0 unspecified atom stereocenters. The van der Waals surface area contributed by atoms with Crippen LogP contribution in [0.2, 0.25) is 0 Å². The second kappa shape index (κ2) is 9.32. The maximum Gasteiger partial charge on any atom is 0.191 e. The molecule has 0 saturated carbocycles. The number of aliphatic imine (C=N–C) groups is 1. The van der Waals surface area contributed by atoms with Gasteiger partial charge in [0.1, 0.15) is 5.82 Å². The fourth-order valence-corrected chi connectivity index (χ4v) is 1.76. The summed E-state index contributed by atoms with van der Waals surface area (Å²) in [6.45, 7) is 1.91. The van der Waals surface area contributed by atoms with Gasteiger partial charge in [0.05, 0.1) is 6.33 Å². The van der Waals surface area contributed by atoms with Crippen LogP contribution in [0.25, 0.3) is 0 Å². The van der Waals surface area contributed by atoms with Crippen LogP contribution in [0.1, 0.15) is 5.56 Å². The van der Waals surface area contributed by atoms with Crippen molar-refractivity contribution in [2.75, 3.05) is 13.6 Å². The summed E-state index contributed by atoms with van der Waals surface area (Å²) >= 11 is 0. The number of benzene rings is 1. The maximum absolute atomic E-state index is 13.5. The van der Waals surface area contributed by atoms with Gasteiger partial charge in [-0.2, -0.15) is 0 Å². The van der Waals surface area contributed by atoms with Gasteiger partial charge >= 0.3 is 0 Å². The lowest BCUT2D eigenvalue weighted by Gasteiger charge is -2.12. The molecule has 0 fully saturated rings. The van der Waals surface area contributed by atoms with E-state index in [4.69, 9.17) is 0 Å². The van der Waals surface area contributed by atoms with Gasteiger partial charge in [0.25, 0.3) is 0 Å². The summed E-state index contributed by atoms with van der Waals surface area (Å²) in [6.07, 6.45) is 5.40. The van der Waals surface area contributed by atoms with Crippen LogP contribution in [0.5, 0.6) is 0 Å². The zero-order chi connectivity index (χ0) is 14.2. The topological polar surface area (TPSA) is 54.2 Å². The molecule has 5 nitrogen and oxygen atoms in total. The van der Waals surface area contributed by atoms with E-state index in [0.717, 1.165) is 6.54 Å². The third-order valence-electron chi connectivity index (χ3n) is 2.85. The molecular weight excluding hydrogens is 384 g/mol. The van der Waals surface area contributed by atoms with Crippen molar-refractivity contribution in [2.24, 2.45) is 4.99 Å². The van der Waals surface area contributed by atoms with Gasteiger partial charge in [0.2, 0.25) is 0 Å². The van der Waals surface area contributed by atoms with E-state index in [1.165, 1.54) is 6.07 Å². The Balaban J connectivity index is 0.00000220. The molecule has 2 N–H and O–H groups in total. The first-order valence-corrected chi connectivity index (χ1v) is 6.43. The molecule has 0 radical (unpaired) electrons. The first kappa shape index (κ1) is 17.4. The second-order valence-corrected chi connectivity index (χ2v) is 4.24. The van der Waals surface area contributed by atoms with Crippen molar-refractivity contribution >= 4 is 29.9 Å². The van der Waals surface area contributed by atoms with E-state index in [2.05, 4.69) is 20.6 Å². The van der Waals surface area contributed by atoms with Crippen molar-refractivity contribution in [1.29, 1.82) is 0 Å². The molecule has 0 spiro atoms. The minimum atomic E-state index is -0.214. The molecule has 21 heavy (non-hydrogen) atoms. The number of imidazole rings is 1. The molecule has 1 aromatic carbocycles. The third kappa shape index (κ3) is 5.70. The van der Waals surface area contributed by atoms with E-state index in [-0.39, 0.29) is 29.8 Å². The minimum Gasteiger partial charge on any atom is -0.355 e. The molecule has 0 aliphatic heterocycles. The van der Waals surface area contributed by atoms with Crippen molar-refractivity contribution in [3.05, 3.63) is 54.4 Å². The Bertz CT molecular complexity index is 556. The highest BCUT2D eigenvalue weighted by Crippen LogP contribution is 2.05. The number of aromatic nitrogens is 2. The van der Waals surface area contributed by atoms with Crippen LogP contribution in [0.15, 0.2) is 48.0 Å². The zero-order valence-corrected chi connectivity index (χ0v) is 14.1. The van der Waals surface area contributed by atoms with Crippen molar-refractivity contribution in [2.45, 2.75) is 13.1 Å². The van der Waals surface area contributed by atoms with Crippen LogP contribution in [0.4, 0.5) is 4.39 Å². The highest BCUT2D eigenvalue weighted by Gasteiger charge is 2.02. The molecule has 1 aromatic heterocycles. The van der Waals surface area contributed by atoms with Gasteiger partial charge in [0, 0.05) is 44.6 Å². The van der Waals surface area contributed by atoms with Crippen LogP contribution in [0.3, 0.4) is 0 Å². The summed E-state index contributed by atoms with van der Waals surface area (Å²) in [4.78, 5) is 8.07. The van der Waals surface area contributed by atoms with Gasteiger partial charge in [-0.15, -0.1) is 24.0 Å². The Hall–Kier alpha value is -1.64. The lowest BCUT2D eigenvalue weighted by molar-refractivity contribution is 0.603. The Morgan fingerprint density at radius 2 is 2.14 bits per heavy atom. The predicted octanol–water partition coefficient (Wildman–Crippen LogP) is 2.01. The van der Waals surface area contributed by atoms with E-state index in [9.17, 15) is 4.39 Å². The molecule has 0 aliphatic rings. The van der Waals surface area contributed by atoms with Gasteiger partial charge in [-0.3, -0.25) is 4.99 Å². The Kier molecular flexibility index (Phi) is 7.73. The average molecular weight is 403 g/mol. The molecule has 0 saturated heterocycles. The molecule has 2 aromatic rings. The van der Waals surface area contributed by atoms with E-state index in [0.29, 0.717) is 24.6 Å². The number of guanidine groups is 1. The highest BCUT2D eigenvalue weighted by atomic mass is 127. The molecule has 0 amide bonds. The summed E-state index contributed by atoms with van der Waals surface area (Å²) < 4.78 is 15.4. The van der Waals surface area contributed by atoms with E-state index < -0.39 is 0 Å². The van der Waals surface area contributed by atoms with Crippen LogP contribution in [-0.4, -0.2) is 29.1 Å². The monoisotopic (exact) mass is 403 g/mol. The summed E-state index contributed by atoms with van der Waals surface area (Å²) in [6, 6.07) is 6.69. The molecule has 7 heteroatoms. The van der Waals surface area contributed by atoms with Gasteiger partial charge in [-0.1, -0.05) is 18.2 Å². The van der Waals surface area contributed by atoms with Gasteiger partial charge in [-0.25, -0.2) is 9.37 Å². The second-order valence-electron chi connectivity index (χ2n) is 4.24. The number of rotatable bonds is 5. The Morgan fingerprint density at radius 3 is 2.81 bits per heavy atom. The number of nitrogens with zero attached hydrogens (tertiary/aromatic N) is 3. The van der Waals surface area contributed by atoms with E-state index in [1.54, 1.807) is 31.7 Å². The van der Waals surface area contributed by atoms with Crippen LogP contribution in [0, 0.1) is 5.82 Å². The summed E-state index contributed by atoms with van der Waals surface area (Å²) in [5.41, 5.74) is 0.616. The third-order valence-corrected chi connectivity index (χ3v) is 2.85. The lowest BCUT2D eigenvalue weighted by atomic mass is 10.2. The predicted molar refractivity (Wildman–Crippen MR) is 92.2 cm³/mol. The standard InChI is InChI=1S/C14H18FN5.HI/c1-16-14(18-7-9-20-8-6-17-11-20)19-10-12-4-2-3-5-13(12)15;/h2-6,8,11H,7,9-10H2,1H3,(H2,16,18,19);1H. The van der Waals surface area contributed by atoms with Gasteiger partial charge < -0.3 is 15.2 Å². The zero-order valence-electron chi connectivity index (χ0n) is 11.8. The smallest absolute Gasteiger partial charge is 0.191 e. The SMILES string of the molecule is CN=C(NCCn1ccnc1)NCc1ccccc1F.I. The Morgan fingerprint density at radius 1 is 1.33 bits per heavy atom. The summed E-state index contributed by atoms with van der Waals surface area (Å²) in [5.74, 6) is 0.433. The quantitative estimate of drug-likeness (QED) is 0.456. The van der Waals surface area contributed by atoms with Gasteiger partial charge in [0.15, 0.2) is 5.96 Å². The molecule has 0 aliphatic carbocycles. The largest absolute Gasteiger partial charge is 0.355 e. The summed E-state index contributed by atoms with van der Waals surface area (Å²) in [7, 11) is 1.69. The molecular formula is C14H19FIN5. The molecule has 114 valence electrons. The maximum atomic E-state index is 13.5. The minimum absolute atomic E-state index is 0. The number of halogens is 2. The van der Waals surface area contributed by atoms with Crippen LogP contribution >= 0.6 is 24.0 Å². The molecule has 2 rings (SSSR count). The van der Waals surface area contributed by atoms with E-state index in [1.807, 2.05) is 16.8 Å². The first-order chi connectivity index (χ1) is 9.79. The number of hydrogen-bond donors (Lipinski definition) is 2. The normalized spacial score (nSPS) is 10.9. The molecule has 0 bridgehead atoms. The van der Waals surface area contributed by atoms with Crippen molar-refractivity contribution in [1.82, 2.24) is 20.2 Å². The fraction of sp³-hybridized carbons (Fsp3) is 0.286. The molecule has 0 atom stereocenters. The Labute approximate surface area is 140 Å². The van der Waals surface area contributed by atoms with Gasteiger partial charge in [-0.05, 0) is 6.07 Å². The molecule has 1 heterocycles. The number of hydrogen-bond acceptors (Lipinski definition) is 2. The van der Waals surface area contributed by atoms with Crippen LogP contribution < -0.4 is 10.6 Å².